The molecule has 2 aliphatic rings. The normalized spacial score (nSPS) is 26.0. The first kappa shape index (κ1) is 16.0. The van der Waals surface area contributed by atoms with E-state index in [2.05, 4.69) is 5.32 Å². The van der Waals surface area contributed by atoms with Gasteiger partial charge in [-0.05, 0) is 30.7 Å². The van der Waals surface area contributed by atoms with E-state index >= 15 is 0 Å². The van der Waals surface area contributed by atoms with Crippen molar-refractivity contribution in [2.45, 2.75) is 37.8 Å². The maximum atomic E-state index is 12.8. The van der Waals surface area contributed by atoms with Crippen LogP contribution >= 0.6 is 0 Å². The van der Waals surface area contributed by atoms with Crippen LogP contribution in [-0.2, 0) is 9.59 Å². The van der Waals surface area contributed by atoms with Crippen molar-refractivity contribution in [3.63, 3.8) is 0 Å². The second-order valence-corrected chi connectivity index (χ2v) is 6.69. The van der Waals surface area contributed by atoms with Crippen molar-refractivity contribution in [2.75, 3.05) is 13.6 Å². The van der Waals surface area contributed by atoms with Gasteiger partial charge in [0.15, 0.2) is 0 Å². The van der Waals surface area contributed by atoms with Crippen LogP contribution in [0.15, 0.2) is 30.3 Å². The van der Waals surface area contributed by atoms with Gasteiger partial charge in [0.2, 0.25) is 11.8 Å². The average Bonchev–Trinajstić information content (AvgIpc) is 3.40. The quantitative estimate of drug-likeness (QED) is 0.863. The molecule has 0 spiro atoms. The number of carbonyl (C=O) groups excluding carboxylic acids is 2. The number of carbonyl (C=O) groups is 2. The van der Waals surface area contributed by atoms with E-state index in [1.54, 1.807) is 11.9 Å². The van der Waals surface area contributed by atoms with Gasteiger partial charge in [-0.2, -0.15) is 0 Å². The molecule has 124 valence electrons. The SMILES string of the molecule is CN1C(=O)CCC(C(=O)NC(CN)C2CC2)C1c1ccccc1. The number of nitrogens with two attached hydrogens (primary N) is 1. The molecule has 1 aliphatic heterocycles. The van der Waals surface area contributed by atoms with E-state index in [4.69, 9.17) is 5.73 Å². The van der Waals surface area contributed by atoms with Crippen LogP contribution in [0.3, 0.4) is 0 Å². The topological polar surface area (TPSA) is 75.4 Å². The molecule has 3 atom stereocenters. The van der Waals surface area contributed by atoms with E-state index in [0.717, 1.165) is 18.4 Å². The van der Waals surface area contributed by atoms with Crippen molar-refractivity contribution >= 4 is 11.8 Å². The zero-order valence-corrected chi connectivity index (χ0v) is 13.6. The zero-order chi connectivity index (χ0) is 16.4. The minimum atomic E-state index is -0.215. The van der Waals surface area contributed by atoms with Gasteiger partial charge < -0.3 is 16.0 Å². The Morgan fingerprint density at radius 2 is 2.00 bits per heavy atom. The third kappa shape index (κ3) is 3.39. The monoisotopic (exact) mass is 315 g/mol. The summed E-state index contributed by atoms with van der Waals surface area (Å²) in [4.78, 5) is 26.7. The molecule has 3 unspecified atom stereocenters. The Morgan fingerprint density at radius 1 is 1.30 bits per heavy atom. The fourth-order valence-electron chi connectivity index (χ4n) is 3.58. The standard InChI is InChI=1S/C18H25N3O2/c1-21-16(22)10-9-14(17(21)13-5-3-2-4-6-13)18(23)20-15(11-19)12-7-8-12/h2-6,12,14-15,17H,7-11,19H2,1H3,(H,20,23). The van der Waals surface area contributed by atoms with E-state index in [9.17, 15) is 9.59 Å². The Hall–Kier alpha value is -1.88. The van der Waals surface area contributed by atoms with Crippen molar-refractivity contribution in [3.05, 3.63) is 35.9 Å². The van der Waals surface area contributed by atoms with Crippen LogP contribution in [-0.4, -0.2) is 36.3 Å². The highest BCUT2D eigenvalue weighted by atomic mass is 16.2. The van der Waals surface area contributed by atoms with Gasteiger partial charge in [-0.3, -0.25) is 9.59 Å². The van der Waals surface area contributed by atoms with Crippen molar-refractivity contribution in [2.24, 2.45) is 17.6 Å². The third-order valence-corrected chi connectivity index (χ3v) is 5.11. The lowest BCUT2D eigenvalue weighted by atomic mass is 9.83. The Kier molecular flexibility index (Phi) is 4.66. The zero-order valence-electron chi connectivity index (χ0n) is 13.6. The third-order valence-electron chi connectivity index (χ3n) is 5.11. The summed E-state index contributed by atoms with van der Waals surface area (Å²) >= 11 is 0. The molecular weight excluding hydrogens is 290 g/mol. The van der Waals surface area contributed by atoms with E-state index in [1.165, 1.54) is 0 Å². The first-order chi connectivity index (χ1) is 11.1. The summed E-state index contributed by atoms with van der Waals surface area (Å²) in [6.07, 6.45) is 3.31. The van der Waals surface area contributed by atoms with Gasteiger partial charge >= 0.3 is 0 Å². The molecule has 1 saturated heterocycles. The maximum Gasteiger partial charge on any atom is 0.225 e. The predicted molar refractivity (Wildman–Crippen MR) is 88.4 cm³/mol. The number of nitrogens with one attached hydrogen (secondary N) is 1. The molecule has 23 heavy (non-hydrogen) atoms. The molecule has 3 N–H and O–H groups in total. The summed E-state index contributed by atoms with van der Waals surface area (Å²) in [6, 6.07) is 9.69. The number of nitrogens with zero attached hydrogens (tertiary/aromatic N) is 1. The van der Waals surface area contributed by atoms with Gasteiger partial charge in [-0.1, -0.05) is 30.3 Å². The lowest BCUT2D eigenvalue weighted by Crippen LogP contribution is -2.50. The van der Waals surface area contributed by atoms with Gasteiger partial charge in [0.25, 0.3) is 0 Å². The number of benzene rings is 1. The molecule has 0 bridgehead atoms. The highest BCUT2D eigenvalue weighted by Gasteiger charge is 2.40. The first-order valence-electron chi connectivity index (χ1n) is 8.43. The highest BCUT2D eigenvalue weighted by molar-refractivity contribution is 5.85. The van der Waals surface area contributed by atoms with Gasteiger partial charge in [0, 0.05) is 26.1 Å². The Labute approximate surface area is 137 Å². The molecule has 5 heteroatoms. The minimum absolute atomic E-state index is 0.0283. The van der Waals surface area contributed by atoms with E-state index in [-0.39, 0.29) is 29.8 Å². The average molecular weight is 315 g/mol. The van der Waals surface area contributed by atoms with Crippen molar-refractivity contribution in [3.8, 4) is 0 Å². The molecule has 0 radical (unpaired) electrons. The summed E-state index contributed by atoms with van der Waals surface area (Å²) < 4.78 is 0. The van der Waals surface area contributed by atoms with Crippen LogP contribution in [0.2, 0.25) is 0 Å². The number of amides is 2. The second kappa shape index (κ2) is 6.71. The summed E-state index contributed by atoms with van der Waals surface area (Å²) in [6.45, 7) is 0.480. The summed E-state index contributed by atoms with van der Waals surface area (Å²) in [5.74, 6) is 0.441. The fourth-order valence-corrected chi connectivity index (χ4v) is 3.58. The van der Waals surface area contributed by atoms with Crippen LogP contribution in [0.4, 0.5) is 0 Å². The van der Waals surface area contributed by atoms with Gasteiger partial charge in [0.05, 0.1) is 12.0 Å². The minimum Gasteiger partial charge on any atom is -0.352 e. The fraction of sp³-hybridized carbons (Fsp3) is 0.556. The number of piperidine rings is 1. The van der Waals surface area contributed by atoms with E-state index < -0.39 is 0 Å². The number of hydrogen-bond donors (Lipinski definition) is 2. The molecule has 5 nitrogen and oxygen atoms in total. The largest absolute Gasteiger partial charge is 0.352 e. The number of rotatable bonds is 5. The lowest BCUT2D eigenvalue weighted by Gasteiger charge is -2.39. The van der Waals surface area contributed by atoms with E-state index in [1.807, 2.05) is 30.3 Å². The van der Waals surface area contributed by atoms with Gasteiger partial charge in [-0.25, -0.2) is 0 Å². The van der Waals surface area contributed by atoms with Crippen LogP contribution in [0.25, 0.3) is 0 Å². The molecule has 0 aromatic heterocycles. The van der Waals surface area contributed by atoms with Crippen LogP contribution in [0.5, 0.6) is 0 Å². The molecule has 1 aromatic carbocycles. The molecule has 2 amide bonds. The van der Waals surface area contributed by atoms with Crippen LogP contribution < -0.4 is 11.1 Å². The summed E-state index contributed by atoms with van der Waals surface area (Å²) in [5, 5.41) is 3.13. The molecule has 3 rings (SSSR count). The van der Waals surface area contributed by atoms with Crippen molar-refractivity contribution in [1.82, 2.24) is 10.2 Å². The predicted octanol–water partition coefficient (Wildman–Crippen LogP) is 1.45. The molecule has 1 aliphatic carbocycles. The second-order valence-electron chi connectivity index (χ2n) is 6.69. The summed E-state index contributed by atoms with van der Waals surface area (Å²) in [5.41, 5.74) is 6.82. The van der Waals surface area contributed by atoms with Crippen molar-refractivity contribution in [1.29, 1.82) is 0 Å². The van der Waals surface area contributed by atoms with Crippen LogP contribution in [0, 0.1) is 11.8 Å². The Balaban J connectivity index is 1.80. The van der Waals surface area contributed by atoms with Gasteiger partial charge in [-0.15, -0.1) is 0 Å². The lowest BCUT2D eigenvalue weighted by molar-refractivity contribution is -0.141. The molecule has 1 heterocycles. The molecule has 1 aromatic rings. The highest BCUT2D eigenvalue weighted by Crippen LogP contribution is 2.37. The maximum absolute atomic E-state index is 12.8. The van der Waals surface area contributed by atoms with Crippen molar-refractivity contribution < 1.29 is 9.59 Å². The Morgan fingerprint density at radius 3 is 2.61 bits per heavy atom. The number of hydrogen-bond acceptors (Lipinski definition) is 3. The molecular formula is C18H25N3O2. The Bertz CT molecular complexity index is 571. The summed E-state index contributed by atoms with van der Waals surface area (Å²) in [7, 11) is 1.79. The smallest absolute Gasteiger partial charge is 0.225 e. The number of likely N-dealkylation sites (tertiary alicyclic amines) is 1. The van der Waals surface area contributed by atoms with E-state index in [0.29, 0.717) is 25.3 Å². The van der Waals surface area contributed by atoms with Gasteiger partial charge in [0.1, 0.15) is 0 Å². The molecule has 1 saturated carbocycles. The van der Waals surface area contributed by atoms with Crippen LogP contribution in [0.1, 0.15) is 37.3 Å². The first-order valence-corrected chi connectivity index (χ1v) is 8.43. The molecule has 2 fully saturated rings.